The van der Waals surface area contributed by atoms with Crippen LogP contribution in [0.1, 0.15) is 25.3 Å². The van der Waals surface area contributed by atoms with Crippen LogP contribution in [-0.4, -0.2) is 20.5 Å². The van der Waals surface area contributed by atoms with Gasteiger partial charge < -0.3 is 4.74 Å². The molecule has 0 aliphatic rings. The number of hydrogen-bond donors (Lipinski definition) is 1. The van der Waals surface area contributed by atoms with Gasteiger partial charge in [-0.3, -0.25) is 4.72 Å². The highest BCUT2D eigenvalue weighted by Gasteiger charge is 2.21. The van der Waals surface area contributed by atoms with Gasteiger partial charge >= 0.3 is 0 Å². The summed E-state index contributed by atoms with van der Waals surface area (Å²) in [5.41, 5.74) is 0.935. The van der Waals surface area contributed by atoms with Crippen LogP contribution in [0.5, 0.6) is 5.75 Å². The van der Waals surface area contributed by atoms with Gasteiger partial charge in [0.1, 0.15) is 10.6 Å². The Morgan fingerprint density at radius 1 is 1.35 bits per heavy atom. The van der Waals surface area contributed by atoms with Gasteiger partial charge in [0.2, 0.25) is 0 Å². The first-order chi connectivity index (χ1) is 9.44. The van der Waals surface area contributed by atoms with Crippen LogP contribution in [0.4, 0.5) is 5.13 Å². The summed E-state index contributed by atoms with van der Waals surface area (Å²) in [6, 6.07) is 5.18. The molecular formula is C13H16N2O3S2. The lowest BCUT2D eigenvalue weighted by Crippen LogP contribution is -2.14. The average molecular weight is 312 g/mol. The molecule has 2 rings (SSSR count). The van der Waals surface area contributed by atoms with Gasteiger partial charge in [0.25, 0.3) is 10.0 Å². The maximum Gasteiger partial charge on any atom is 0.267 e. The second-order valence-corrected chi connectivity index (χ2v) is 7.05. The lowest BCUT2D eigenvalue weighted by atomic mass is 10.0. The maximum atomic E-state index is 12.4. The van der Waals surface area contributed by atoms with E-state index in [0.29, 0.717) is 10.9 Å². The van der Waals surface area contributed by atoms with Crippen molar-refractivity contribution in [1.82, 2.24) is 4.98 Å². The lowest BCUT2D eigenvalue weighted by Gasteiger charge is -2.13. The molecule has 0 unspecified atom stereocenters. The highest BCUT2D eigenvalue weighted by molar-refractivity contribution is 7.93. The Kier molecular flexibility index (Phi) is 4.29. The van der Waals surface area contributed by atoms with E-state index in [1.165, 1.54) is 18.4 Å². The van der Waals surface area contributed by atoms with Crippen molar-refractivity contribution >= 4 is 26.5 Å². The van der Waals surface area contributed by atoms with Crippen molar-refractivity contribution in [3.05, 3.63) is 35.3 Å². The summed E-state index contributed by atoms with van der Waals surface area (Å²) in [4.78, 5) is 4.05. The van der Waals surface area contributed by atoms with Gasteiger partial charge in [-0.05, 0) is 23.6 Å². The lowest BCUT2D eigenvalue weighted by molar-refractivity contribution is 0.402. The molecule has 0 aliphatic carbocycles. The summed E-state index contributed by atoms with van der Waals surface area (Å²) >= 11 is 1.23. The molecule has 0 radical (unpaired) electrons. The van der Waals surface area contributed by atoms with E-state index in [0.717, 1.165) is 5.56 Å². The number of rotatable bonds is 5. The van der Waals surface area contributed by atoms with Gasteiger partial charge in [-0.2, -0.15) is 0 Å². The number of thiazole rings is 1. The second kappa shape index (κ2) is 5.80. The summed E-state index contributed by atoms with van der Waals surface area (Å²) in [6.07, 6.45) is 1.55. The summed E-state index contributed by atoms with van der Waals surface area (Å²) in [6.45, 7) is 4.01. The van der Waals surface area contributed by atoms with Crippen LogP contribution in [0.3, 0.4) is 0 Å². The minimum Gasteiger partial charge on any atom is -0.495 e. The molecule has 1 heterocycles. The number of nitrogens with one attached hydrogen (secondary N) is 1. The van der Waals surface area contributed by atoms with Crippen LogP contribution in [0.2, 0.25) is 0 Å². The third-order valence-corrected chi connectivity index (χ3v) is 4.98. The molecule has 0 atom stereocenters. The van der Waals surface area contributed by atoms with Crippen molar-refractivity contribution in [2.75, 3.05) is 11.8 Å². The Morgan fingerprint density at radius 2 is 2.10 bits per heavy atom. The number of nitrogens with zero attached hydrogens (tertiary/aromatic N) is 1. The number of sulfonamides is 1. The molecule has 108 valence electrons. The van der Waals surface area contributed by atoms with Gasteiger partial charge in [-0.25, -0.2) is 13.4 Å². The van der Waals surface area contributed by atoms with Crippen LogP contribution in [0.25, 0.3) is 0 Å². The van der Waals surface area contributed by atoms with Crippen LogP contribution in [0.15, 0.2) is 34.7 Å². The molecule has 1 aromatic carbocycles. The molecule has 0 amide bonds. The van der Waals surface area contributed by atoms with Crippen LogP contribution >= 0.6 is 11.3 Å². The first-order valence-electron chi connectivity index (χ1n) is 6.04. The molecule has 5 nitrogen and oxygen atoms in total. The normalized spacial score (nSPS) is 11.6. The van der Waals surface area contributed by atoms with Gasteiger partial charge in [0, 0.05) is 11.6 Å². The molecule has 0 saturated carbocycles. The number of methoxy groups -OCH3 is 1. The van der Waals surface area contributed by atoms with E-state index in [4.69, 9.17) is 4.74 Å². The zero-order valence-corrected chi connectivity index (χ0v) is 13.1. The second-order valence-electron chi connectivity index (χ2n) is 4.51. The Balaban J connectivity index is 2.46. The molecule has 1 N–H and O–H groups in total. The van der Waals surface area contributed by atoms with Crippen molar-refractivity contribution in [1.29, 1.82) is 0 Å². The third-order valence-electron chi connectivity index (χ3n) is 2.80. The molecule has 0 spiro atoms. The molecule has 0 saturated heterocycles. The summed E-state index contributed by atoms with van der Waals surface area (Å²) in [5, 5.41) is 2.04. The topological polar surface area (TPSA) is 68.3 Å². The highest BCUT2D eigenvalue weighted by Crippen LogP contribution is 2.29. The smallest absolute Gasteiger partial charge is 0.267 e. The summed E-state index contributed by atoms with van der Waals surface area (Å²) < 4.78 is 32.5. The number of ether oxygens (including phenoxy) is 1. The van der Waals surface area contributed by atoms with E-state index in [1.807, 2.05) is 19.9 Å². The Hall–Kier alpha value is -1.60. The molecule has 2 aromatic rings. The minimum atomic E-state index is -3.71. The van der Waals surface area contributed by atoms with Crippen LogP contribution < -0.4 is 9.46 Å². The van der Waals surface area contributed by atoms with E-state index in [-0.39, 0.29) is 10.8 Å². The highest BCUT2D eigenvalue weighted by atomic mass is 32.2. The molecule has 1 aromatic heterocycles. The minimum absolute atomic E-state index is 0.126. The fourth-order valence-electron chi connectivity index (χ4n) is 1.71. The summed E-state index contributed by atoms with van der Waals surface area (Å²) in [7, 11) is -2.26. The largest absolute Gasteiger partial charge is 0.495 e. The Morgan fingerprint density at radius 3 is 2.65 bits per heavy atom. The van der Waals surface area contributed by atoms with Crippen LogP contribution in [-0.2, 0) is 10.0 Å². The van der Waals surface area contributed by atoms with E-state index < -0.39 is 10.0 Å². The standard InChI is InChI=1S/C13H16N2O3S2/c1-9(2)10-4-5-11(18-3)12(8-10)20(16,17)15-13-14-6-7-19-13/h4-9H,1-3H3,(H,14,15). The van der Waals surface area contributed by atoms with Crippen molar-refractivity contribution < 1.29 is 13.2 Å². The maximum absolute atomic E-state index is 12.4. The van der Waals surface area contributed by atoms with E-state index in [1.54, 1.807) is 23.7 Å². The Labute approximate surface area is 122 Å². The third kappa shape index (κ3) is 3.10. The molecular weight excluding hydrogens is 296 g/mol. The zero-order chi connectivity index (χ0) is 14.8. The molecule has 0 aliphatic heterocycles. The van der Waals surface area contributed by atoms with Crippen molar-refractivity contribution in [2.24, 2.45) is 0 Å². The zero-order valence-electron chi connectivity index (χ0n) is 11.5. The average Bonchev–Trinajstić information content (AvgIpc) is 2.90. The Bertz CT molecular complexity index is 680. The molecule has 0 bridgehead atoms. The molecule has 7 heteroatoms. The van der Waals surface area contributed by atoms with Gasteiger partial charge in [0.15, 0.2) is 5.13 Å². The fourth-order valence-corrected chi connectivity index (χ4v) is 3.70. The monoisotopic (exact) mass is 312 g/mol. The quantitative estimate of drug-likeness (QED) is 0.921. The van der Waals surface area contributed by atoms with E-state index in [2.05, 4.69) is 9.71 Å². The number of benzene rings is 1. The van der Waals surface area contributed by atoms with Gasteiger partial charge in [0.05, 0.1) is 7.11 Å². The van der Waals surface area contributed by atoms with Crippen LogP contribution in [0, 0.1) is 0 Å². The van der Waals surface area contributed by atoms with Crippen molar-refractivity contribution in [2.45, 2.75) is 24.7 Å². The fraction of sp³-hybridized carbons (Fsp3) is 0.308. The predicted octanol–water partition coefficient (Wildman–Crippen LogP) is 3.08. The van der Waals surface area contributed by atoms with Crippen molar-refractivity contribution in [3.63, 3.8) is 0 Å². The molecule has 0 fully saturated rings. The number of anilines is 1. The van der Waals surface area contributed by atoms with Gasteiger partial charge in [-0.15, -0.1) is 11.3 Å². The van der Waals surface area contributed by atoms with Crippen molar-refractivity contribution in [3.8, 4) is 5.75 Å². The first-order valence-corrected chi connectivity index (χ1v) is 8.40. The number of hydrogen-bond acceptors (Lipinski definition) is 5. The number of aromatic nitrogens is 1. The molecule has 20 heavy (non-hydrogen) atoms. The summed E-state index contributed by atoms with van der Waals surface area (Å²) in [5.74, 6) is 0.549. The first kappa shape index (κ1) is 14.8. The van der Waals surface area contributed by atoms with E-state index >= 15 is 0 Å². The predicted molar refractivity (Wildman–Crippen MR) is 80.0 cm³/mol. The van der Waals surface area contributed by atoms with Gasteiger partial charge in [-0.1, -0.05) is 19.9 Å². The SMILES string of the molecule is COc1ccc(C(C)C)cc1S(=O)(=O)Nc1nccs1. The van der Waals surface area contributed by atoms with E-state index in [9.17, 15) is 8.42 Å².